The standard InChI is InChI=1S/C22H36O4/c1-4-5-15-22(3,26)16-9-11-18-13-14-20(23)19(18)12-8-6-7-10-17(2)21(24)25/h5,9,11,15,17-19,26H,4,6-8,10,12-14,16H2,1-3H3,(H,24,25)/t17?,18-,19+,22?/m0/s1. The van der Waals surface area contributed by atoms with Gasteiger partial charge in [0.1, 0.15) is 5.78 Å². The van der Waals surface area contributed by atoms with E-state index < -0.39 is 11.6 Å². The summed E-state index contributed by atoms with van der Waals surface area (Å²) in [5, 5.41) is 19.2. The molecule has 1 aliphatic rings. The van der Waals surface area contributed by atoms with Crippen LogP contribution in [0.25, 0.3) is 0 Å². The Morgan fingerprint density at radius 1 is 1.31 bits per heavy atom. The largest absolute Gasteiger partial charge is 0.481 e. The molecule has 0 aliphatic heterocycles. The highest BCUT2D eigenvalue weighted by molar-refractivity contribution is 5.83. The van der Waals surface area contributed by atoms with E-state index in [1.54, 1.807) is 13.8 Å². The van der Waals surface area contributed by atoms with Crippen molar-refractivity contribution >= 4 is 11.8 Å². The van der Waals surface area contributed by atoms with Gasteiger partial charge >= 0.3 is 5.97 Å². The van der Waals surface area contributed by atoms with Gasteiger partial charge < -0.3 is 10.2 Å². The molecule has 0 bridgehead atoms. The summed E-state index contributed by atoms with van der Waals surface area (Å²) in [4.78, 5) is 23.0. The van der Waals surface area contributed by atoms with Crippen LogP contribution < -0.4 is 0 Å². The van der Waals surface area contributed by atoms with Gasteiger partial charge in [-0.25, -0.2) is 0 Å². The monoisotopic (exact) mass is 364 g/mol. The lowest BCUT2D eigenvalue weighted by molar-refractivity contribution is -0.141. The maximum absolute atomic E-state index is 12.2. The van der Waals surface area contributed by atoms with E-state index in [0.29, 0.717) is 25.0 Å². The molecular formula is C22H36O4. The van der Waals surface area contributed by atoms with Gasteiger partial charge in [0.25, 0.3) is 0 Å². The fraction of sp³-hybridized carbons (Fsp3) is 0.727. The number of hydrogen-bond acceptors (Lipinski definition) is 3. The van der Waals surface area contributed by atoms with E-state index >= 15 is 0 Å². The number of ketones is 1. The second-order valence-electron chi connectivity index (χ2n) is 7.95. The molecule has 0 aromatic rings. The Morgan fingerprint density at radius 3 is 2.69 bits per heavy atom. The summed E-state index contributed by atoms with van der Waals surface area (Å²) in [6.07, 6.45) is 15.4. The van der Waals surface area contributed by atoms with Gasteiger partial charge in [0.15, 0.2) is 0 Å². The highest BCUT2D eigenvalue weighted by Crippen LogP contribution is 2.34. The number of carbonyl (C=O) groups excluding carboxylic acids is 1. The van der Waals surface area contributed by atoms with Crippen molar-refractivity contribution in [1.82, 2.24) is 0 Å². The predicted octanol–water partition coefficient (Wildman–Crippen LogP) is 4.92. The molecule has 26 heavy (non-hydrogen) atoms. The highest BCUT2D eigenvalue weighted by Gasteiger charge is 2.32. The normalized spacial score (nSPS) is 24.4. The van der Waals surface area contributed by atoms with Crippen LogP contribution in [0.5, 0.6) is 0 Å². The zero-order valence-electron chi connectivity index (χ0n) is 16.6. The molecule has 1 fully saturated rings. The maximum atomic E-state index is 12.2. The summed E-state index contributed by atoms with van der Waals surface area (Å²) >= 11 is 0. The molecule has 0 spiro atoms. The van der Waals surface area contributed by atoms with Crippen LogP contribution in [0.2, 0.25) is 0 Å². The molecule has 0 aromatic heterocycles. The van der Waals surface area contributed by atoms with Crippen LogP contribution in [0.1, 0.15) is 78.6 Å². The van der Waals surface area contributed by atoms with Gasteiger partial charge in [0.05, 0.1) is 11.5 Å². The van der Waals surface area contributed by atoms with Crippen molar-refractivity contribution < 1.29 is 19.8 Å². The lowest BCUT2D eigenvalue weighted by Gasteiger charge is -2.18. The molecule has 148 valence electrons. The van der Waals surface area contributed by atoms with Crippen molar-refractivity contribution in [3.8, 4) is 0 Å². The van der Waals surface area contributed by atoms with Crippen molar-refractivity contribution in [2.45, 2.75) is 84.2 Å². The molecule has 4 heteroatoms. The van der Waals surface area contributed by atoms with E-state index in [1.165, 1.54) is 0 Å². The summed E-state index contributed by atoms with van der Waals surface area (Å²) in [5.74, 6) is -0.277. The number of hydrogen-bond donors (Lipinski definition) is 2. The summed E-state index contributed by atoms with van der Waals surface area (Å²) in [5.41, 5.74) is -0.828. The Morgan fingerprint density at radius 2 is 2.04 bits per heavy atom. The molecule has 1 aliphatic carbocycles. The minimum atomic E-state index is -0.828. The number of rotatable bonds is 12. The summed E-state index contributed by atoms with van der Waals surface area (Å²) in [6, 6.07) is 0. The first kappa shape index (κ1) is 22.6. The maximum Gasteiger partial charge on any atom is 0.306 e. The molecule has 0 aromatic carbocycles. The van der Waals surface area contributed by atoms with Crippen molar-refractivity contribution in [3.05, 3.63) is 24.3 Å². The van der Waals surface area contributed by atoms with Gasteiger partial charge in [0.2, 0.25) is 0 Å². The third-order valence-corrected chi connectivity index (χ3v) is 5.36. The Balaban J connectivity index is 2.39. The lowest BCUT2D eigenvalue weighted by Crippen LogP contribution is -2.19. The molecule has 1 saturated carbocycles. The number of aliphatic carboxylic acids is 1. The number of aliphatic hydroxyl groups is 1. The second-order valence-corrected chi connectivity index (χ2v) is 7.95. The van der Waals surface area contributed by atoms with Gasteiger partial charge in [0, 0.05) is 12.3 Å². The molecule has 0 amide bonds. The SMILES string of the molecule is CCC=CC(C)(O)CC=C[C@H]1CCC(=O)[C@@H]1CCCCCC(C)C(=O)O. The van der Waals surface area contributed by atoms with Crippen molar-refractivity contribution in [2.75, 3.05) is 0 Å². The van der Waals surface area contributed by atoms with Crippen molar-refractivity contribution in [3.63, 3.8) is 0 Å². The molecule has 4 nitrogen and oxygen atoms in total. The summed E-state index contributed by atoms with van der Waals surface area (Å²) in [7, 11) is 0. The number of unbranched alkanes of at least 4 members (excludes halogenated alkanes) is 2. The third kappa shape index (κ3) is 8.31. The Kier molecular flexibility index (Phi) is 9.85. The third-order valence-electron chi connectivity index (χ3n) is 5.36. The van der Waals surface area contributed by atoms with Crippen molar-refractivity contribution in [2.24, 2.45) is 17.8 Å². The Hall–Kier alpha value is -1.42. The van der Waals surface area contributed by atoms with E-state index in [0.717, 1.165) is 38.5 Å². The molecule has 4 atom stereocenters. The first-order valence-corrected chi connectivity index (χ1v) is 10.1. The fourth-order valence-electron chi connectivity index (χ4n) is 3.58. The number of carboxylic acid groups (broad SMARTS) is 1. The van der Waals surface area contributed by atoms with Crippen LogP contribution >= 0.6 is 0 Å². The van der Waals surface area contributed by atoms with E-state index in [-0.39, 0.29) is 17.8 Å². The van der Waals surface area contributed by atoms with Gasteiger partial charge in [-0.2, -0.15) is 0 Å². The Labute approximate surface area is 158 Å². The average molecular weight is 365 g/mol. The van der Waals surface area contributed by atoms with Gasteiger partial charge in [-0.15, -0.1) is 0 Å². The first-order valence-electron chi connectivity index (χ1n) is 10.1. The van der Waals surface area contributed by atoms with E-state index in [2.05, 4.69) is 6.08 Å². The lowest BCUT2D eigenvalue weighted by atomic mass is 9.88. The number of Topliss-reactive ketones (excluding diaryl/α,β-unsaturated/α-hetero) is 1. The number of carbonyl (C=O) groups is 2. The van der Waals surface area contributed by atoms with Crippen LogP contribution in [0, 0.1) is 17.8 Å². The fourth-order valence-corrected chi connectivity index (χ4v) is 3.58. The average Bonchev–Trinajstić information content (AvgIpc) is 2.92. The number of allylic oxidation sites excluding steroid dienone is 2. The first-order chi connectivity index (χ1) is 12.3. The summed E-state index contributed by atoms with van der Waals surface area (Å²) in [6.45, 7) is 5.59. The molecule has 0 radical (unpaired) electrons. The van der Waals surface area contributed by atoms with Gasteiger partial charge in [-0.1, -0.05) is 57.4 Å². The molecule has 2 N–H and O–H groups in total. The van der Waals surface area contributed by atoms with Crippen molar-refractivity contribution in [1.29, 1.82) is 0 Å². The van der Waals surface area contributed by atoms with Crippen LogP contribution in [-0.2, 0) is 9.59 Å². The van der Waals surface area contributed by atoms with Crippen LogP contribution in [0.3, 0.4) is 0 Å². The van der Waals surface area contributed by atoms with E-state index in [4.69, 9.17) is 5.11 Å². The predicted molar refractivity (Wildman–Crippen MR) is 105 cm³/mol. The minimum Gasteiger partial charge on any atom is -0.481 e. The van der Waals surface area contributed by atoms with E-state index in [1.807, 2.05) is 25.2 Å². The summed E-state index contributed by atoms with van der Waals surface area (Å²) < 4.78 is 0. The topological polar surface area (TPSA) is 74.6 Å². The molecular weight excluding hydrogens is 328 g/mol. The molecule has 0 heterocycles. The van der Waals surface area contributed by atoms with Crippen LogP contribution in [0.4, 0.5) is 0 Å². The molecule has 2 unspecified atom stereocenters. The zero-order chi connectivity index (χ0) is 19.6. The smallest absolute Gasteiger partial charge is 0.306 e. The quantitative estimate of drug-likeness (QED) is 0.381. The highest BCUT2D eigenvalue weighted by atomic mass is 16.4. The number of carboxylic acids is 1. The molecule has 0 saturated heterocycles. The molecule has 1 rings (SSSR count). The van der Waals surface area contributed by atoms with Gasteiger partial charge in [-0.3, -0.25) is 9.59 Å². The van der Waals surface area contributed by atoms with E-state index in [9.17, 15) is 14.7 Å². The second kappa shape index (κ2) is 11.3. The van der Waals surface area contributed by atoms with Gasteiger partial charge in [-0.05, 0) is 44.9 Å². The van der Waals surface area contributed by atoms with Crippen LogP contribution in [-0.4, -0.2) is 27.6 Å². The zero-order valence-corrected chi connectivity index (χ0v) is 16.6. The minimum absolute atomic E-state index is 0.0966. The van der Waals surface area contributed by atoms with Crippen LogP contribution in [0.15, 0.2) is 24.3 Å². The Bertz CT molecular complexity index is 504.